The van der Waals surface area contributed by atoms with E-state index in [1.165, 1.54) is 0 Å². The lowest BCUT2D eigenvalue weighted by Gasteiger charge is -2.16. The summed E-state index contributed by atoms with van der Waals surface area (Å²) in [6.45, 7) is 10.3. The van der Waals surface area contributed by atoms with E-state index in [2.05, 4.69) is 18.5 Å². The molecule has 3 heteroatoms. The van der Waals surface area contributed by atoms with Crippen LogP contribution < -0.4 is 5.32 Å². The van der Waals surface area contributed by atoms with Gasteiger partial charge in [0, 0.05) is 0 Å². The van der Waals surface area contributed by atoms with Gasteiger partial charge in [-0.3, -0.25) is 4.79 Å². The molecule has 2 N–H and O–H groups in total. The minimum Gasteiger partial charge on any atom is -0.480 e. The third-order valence-electron chi connectivity index (χ3n) is 3.06. The van der Waals surface area contributed by atoms with Crippen molar-refractivity contribution in [2.24, 2.45) is 5.92 Å². The summed E-state index contributed by atoms with van der Waals surface area (Å²) < 4.78 is 0. The number of nitrogens with one attached hydrogen (secondary N) is 1. The van der Waals surface area contributed by atoms with Gasteiger partial charge >= 0.3 is 5.97 Å². The number of carboxylic acids is 1. The summed E-state index contributed by atoms with van der Waals surface area (Å²) in [7, 11) is 0. The van der Waals surface area contributed by atoms with Gasteiger partial charge in [-0.25, -0.2) is 0 Å². The molecule has 0 amide bonds. The first-order valence-electron chi connectivity index (χ1n) is 6.83. The van der Waals surface area contributed by atoms with E-state index in [0.717, 1.165) is 38.6 Å². The van der Waals surface area contributed by atoms with Crippen LogP contribution in [-0.4, -0.2) is 23.7 Å². The summed E-state index contributed by atoms with van der Waals surface area (Å²) in [6.07, 6.45) is 9.56. The van der Waals surface area contributed by atoms with E-state index in [0.29, 0.717) is 12.3 Å². The molecule has 0 bridgehead atoms. The predicted octanol–water partition coefficient (Wildman–Crippen LogP) is 3.38. The van der Waals surface area contributed by atoms with Crippen molar-refractivity contribution < 1.29 is 9.90 Å². The normalized spacial score (nSPS) is 12.3. The maximum absolute atomic E-state index is 10.9. The lowest BCUT2D eigenvalue weighted by molar-refractivity contribution is -0.139. The standard InChI is InChI=1S/C15H27NO2/c1-4-8-13(9-5-2)11-7-12-16-14(10-6-3)15(17)18/h4-5,13-14,16H,1-2,6-12H2,3H3,(H,17,18). The van der Waals surface area contributed by atoms with Crippen LogP contribution in [0.1, 0.15) is 45.4 Å². The van der Waals surface area contributed by atoms with Gasteiger partial charge in [-0.1, -0.05) is 25.5 Å². The van der Waals surface area contributed by atoms with Crippen LogP contribution in [0.5, 0.6) is 0 Å². The molecule has 1 atom stereocenters. The number of hydrogen-bond acceptors (Lipinski definition) is 2. The second kappa shape index (κ2) is 11.0. The van der Waals surface area contributed by atoms with Gasteiger partial charge in [-0.15, -0.1) is 13.2 Å². The van der Waals surface area contributed by atoms with Crippen LogP contribution in [0.4, 0.5) is 0 Å². The Kier molecular flexibility index (Phi) is 10.4. The zero-order valence-electron chi connectivity index (χ0n) is 11.5. The molecule has 0 rings (SSSR count). The van der Waals surface area contributed by atoms with Crippen LogP contribution >= 0.6 is 0 Å². The molecule has 0 aromatic carbocycles. The van der Waals surface area contributed by atoms with Gasteiger partial charge in [0.2, 0.25) is 0 Å². The highest BCUT2D eigenvalue weighted by Crippen LogP contribution is 2.16. The summed E-state index contributed by atoms with van der Waals surface area (Å²) in [5, 5.41) is 12.1. The van der Waals surface area contributed by atoms with Crippen molar-refractivity contribution in [1.82, 2.24) is 5.32 Å². The third kappa shape index (κ3) is 8.07. The van der Waals surface area contributed by atoms with E-state index >= 15 is 0 Å². The Hall–Kier alpha value is -1.09. The molecule has 0 saturated carbocycles. The van der Waals surface area contributed by atoms with Crippen LogP contribution in [0, 0.1) is 5.92 Å². The van der Waals surface area contributed by atoms with Gasteiger partial charge in [0.05, 0.1) is 0 Å². The second-order valence-electron chi connectivity index (χ2n) is 4.69. The Morgan fingerprint density at radius 3 is 2.33 bits per heavy atom. The first kappa shape index (κ1) is 16.9. The molecule has 0 fully saturated rings. The Morgan fingerprint density at radius 1 is 1.28 bits per heavy atom. The minimum absolute atomic E-state index is 0.396. The molecule has 3 nitrogen and oxygen atoms in total. The summed E-state index contributed by atoms with van der Waals surface area (Å²) in [5.74, 6) is -0.151. The molecule has 0 heterocycles. The smallest absolute Gasteiger partial charge is 0.320 e. The Morgan fingerprint density at radius 2 is 1.89 bits per heavy atom. The molecule has 0 aromatic heterocycles. The molecule has 18 heavy (non-hydrogen) atoms. The molecule has 104 valence electrons. The quantitative estimate of drug-likeness (QED) is 0.414. The number of aliphatic carboxylic acids is 1. The SMILES string of the molecule is C=CCC(CC=C)CCCNC(CCC)C(=O)O. The highest BCUT2D eigenvalue weighted by Gasteiger charge is 2.14. The lowest BCUT2D eigenvalue weighted by atomic mass is 9.96. The van der Waals surface area contributed by atoms with Crippen molar-refractivity contribution in [2.45, 2.75) is 51.5 Å². The number of carboxylic acid groups (broad SMARTS) is 1. The van der Waals surface area contributed by atoms with Crippen molar-refractivity contribution in [3.63, 3.8) is 0 Å². The number of rotatable bonds is 12. The topological polar surface area (TPSA) is 49.3 Å². The predicted molar refractivity (Wildman–Crippen MR) is 76.7 cm³/mol. The molecule has 0 aliphatic rings. The van der Waals surface area contributed by atoms with E-state index < -0.39 is 12.0 Å². The van der Waals surface area contributed by atoms with E-state index in [-0.39, 0.29) is 0 Å². The Bertz CT molecular complexity index is 241. The fraction of sp³-hybridized carbons (Fsp3) is 0.667. The second-order valence-corrected chi connectivity index (χ2v) is 4.69. The fourth-order valence-corrected chi connectivity index (χ4v) is 2.07. The molecule has 0 aliphatic heterocycles. The van der Waals surface area contributed by atoms with E-state index in [9.17, 15) is 4.79 Å². The molecular formula is C15H27NO2. The first-order chi connectivity index (χ1) is 8.65. The molecular weight excluding hydrogens is 226 g/mol. The van der Waals surface area contributed by atoms with Crippen LogP contribution in [0.2, 0.25) is 0 Å². The molecule has 0 saturated heterocycles. The van der Waals surface area contributed by atoms with Gasteiger partial charge in [-0.05, 0) is 44.6 Å². The van der Waals surface area contributed by atoms with Gasteiger partial charge < -0.3 is 10.4 Å². The Labute approximate surface area is 111 Å². The van der Waals surface area contributed by atoms with Crippen molar-refractivity contribution >= 4 is 5.97 Å². The summed E-state index contributed by atoms with van der Waals surface area (Å²) >= 11 is 0. The lowest BCUT2D eigenvalue weighted by Crippen LogP contribution is -2.37. The van der Waals surface area contributed by atoms with Crippen molar-refractivity contribution in [3.05, 3.63) is 25.3 Å². The monoisotopic (exact) mass is 253 g/mol. The third-order valence-corrected chi connectivity index (χ3v) is 3.06. The minimum atomic E-state index is -0.745. The maximum atomic E-state index is 10.9. The van der Waals surface area contributed by atoms with E-state index in [1.807, 2.05) is 19.1 Å². The summed E-state index contributed by atoms with van der Waals surface area (Å²) in [5.41, 5.74) is 0. The zero-order chi connectivity index (χ0) is 13.8. The largest absolute Gasteiger partial charge is 0.480 e. The van der Waals surface area contributed by atoms with E-state index in [1.54, 1.807) is 0 Å². The van der Waals surface area contributed by atoms with Crippen molar-refractivity contribution in [1.29, 1.82) is 0 Å². The Balaban J connectivity index is 3.83. The maximum Gasteiger partial charge on any atom is 0.320 e. The molecule has 0 spiro atoms. The van der Waals surface area contributed by atoms with Gasteiger partial charge in [-0.2, -0.15) is 0 Å². The van der Waals surface area contributed by atoms with Gasteiger partial charge in [0.1, 0.15) is 6.04 Å². The summed E-state index contributed by atoms with van der Waals surface area (Å²) in [4.78, 5) is 10.9. The van der Waals surface area contributed by atoms with Crippen molar-refractivity contribution in [3.8, 4) is 0 Å². The summed E-state index contributed by atoms with van der Waals surface area (Å²) in [6, 6.07) is -0.396. The number of allylic oxidation sites excluding steroid dienone is 2. The molecule has 0 radical (unpaired) electrons. The molecule has 0 aliphatic carbocycles. The van der Waals surface area contributed by atoms with Gasteiger partial charge in [0.25, 0.3) is 0 Å². The number of carbonyl (C=O) groups is 1. The van der Waals surface area contributed by atoms with Crippen LogP contribution in [0.3, 0.4) is 0 Å². The average molecular weight is 253 g/mol. The van der Waals surface area contributed by atoms with Crippen LogP contribution in [-0.2, 0) is 4.79 Å². The fourth-order valence-electron chi connectivity index (χ4n) is 2.07. The molecule has 0 aromatic rings. The first-order valence-corrected chi connectivity index (χ1v) is 6.83. The van der Waals surface area contributed by atoms with Crippen LogP contribution in [0.15, 0.2) is 25.3 Å². The van der Waals surface area contributed by atoms with E-state index in [4.69, 9.17) is 5.11 Å². The highest BCUT2D eigenvalue weighted by molar-refractivity contribution is 5.73. The number of hydrogen-bond donors (Lipinski definition) is 2. The highest BCUT2D eigenvalue weighted by atomic mass is 16.4. The average Bonchev–Trinajstić information content (AvgIpc) is 2.33. The van der Waals surface area contributed by atoms with Gasteiger partial charge in [0.15, 0.2) is 0 Å². The zero-order valence-corrected chi connectivity index (χ0v) is 11.5. The molecule has 1 unspecified atom stereocenters. The van der Waals surface area contributed by atoms with Crippen LogP contribution in [0.25, 0.3) is 0 Å². The van der Waals surface area contributed by atoms with Crippen molar-refractivity contribution in [2.75, 3.05) is 6.54 Å².